The lowest BCUT2D eigenvalue weighted by Gasteiger charge is -2.15. The van der Waals surface area contributed by atoms with Crippen LogP contribution in [0.15, 0.2) is 45.3 Å². The Kier molecular flexibility index (Phi) is 4.71. The molecule has 0 aliphatic rings. The van der Waals surface area contributed by atoms with Gasteiger partial charge in [0.05, 0.1) is 4.47 Å². The Morgan fingerprint density at radius 3 is 2.47 bits per heavy atom. The molecule has 1 nitrogen and oxygen atoms in total. The molecule has 0 bridgehead atoms. The summed E-state index contributed by atoms with van der Waals surface area (Å²) in [6, 6.07) is 9.02. The molecule has 0 spiro atoms. The van der Waals surface area contributed by atoms with Gasteiger partial charge in [0.25, 0.3) is 0 Å². The van der Waals surface area contributed by atoms with Gasteiger partial charge in [-0.1, -0.05) is 34.1 Å². The Hall–Kier alpha value is -0.780. The zero-order chi connectivity index (χ0) is 14.0. The molecule has 0 aliphatic carbocycles. The molecule has 1 atom stereocenters. The van der Waals surface area contributed by atoms with E-state index >= 15 is 0 Å². The molecular weight excluding hydrogens is 380 g/mol. The first-order valence-electron chi connectivity index (χ1n) is 5.62. The minimum Gasteiger partial charge on any atom is -0.324 e. The fourth-order valence-corrected chi connectivity index (χ4v) is 2.73. The van der Waals surface area contributed by atoms with Crippen LogP contribution in [-0.4, -0.2) is 0 Å². The van der Waals surface area contributed by atoms with Gasteiger partial charge in [-0.3, -0.25) is 0 Å². The monoisotopic (exact) mass is 389 g/mol. The van der Waals surface area contributed by atoms with Gasteiger partial charge in [0, 0.05) is 10.5 Å². The largest absolute Gasteiger partial charge is 0.324 e. The van der Waals surface area contributed by atoms with Gasteiger partial charge in [0.1, 0.15) is 11.6 Å². The van der Waals surface area contributed by atoms with E-state index in [1.54, 1.807) is 24.3 Å². The van der Waals surface area contributed by atoms with Crippen molar-refractivity contribution in [1.82, 2.24) is 0 Å². The highest BCUT2D eigenvalue weighted by Crippen LogP contribution is 2.28. The maximum Gasteiger partial charge on any atom is 0.137 e. The molecule has 2 aromatic rings. The Labute approximate surface area is 127 Å². The number of hydrogen-bond acceptors (Lipinski definition) is 1. The molecular formula is C14H11Br2F2N. The van der Waals surface area contributed by atoms with E-state index in [1.807, 2.05) is 0 Å². The fraction of sp³-hybridized carbons (Fsp3) is 0.143. The van der Waals surface area contributed by atoms with Crippen molar-refractivity contribution in [2.45, 2.75) is 12.5 Å². The van der Waals surface area contributed by atoms with Crippen LogP contribution in [0.5, 0.6) is 0 Å². The van der Waals surface area contributed by atoms with Crippen LogP contribution in [-0.2, 0) is 6.42 Å². The Morgan fingerprint density at radius 2 is 1.79 bits per heavy atom. The van der Waals surface area contributed by atoms with E-state index in [0.29, 0.717) is 26.5 Å². The summed E-state index contributed by atoms with van der Waals surface area (Å²) in [6.45, 7) is 0. The molecule has 0 saturated heterocycles. The first-order chi connectivity index (χ1) is 8.99. The van der Waals surface area contributed by atoms with Gasteiger partial charge in [-0.25, -0.2) is 8.78 Å². The second-order valence-electron chi connectivity index (χ2n) is 4.19. The first-order valence-corrected chi connectivity index (χ1v) is 7.21. The molecule has 2 N–H and O–H groups in total. The predicted octanol–water partition coefficient (Wildman–Crippen LogP) is 4.73. The van der Waals surface area contributed by atoms with Crippen molar-refractivity contribution in [3.8, 4) is 0 Å². The number of nitrogens with two attached hydrogens (primary N) is 1. The Morgan fingerprint density at radius 1 is 1.05 bits per heavy atom. The molecule has 100 valence electrons. The third-order valence-electron chi connectivity index (χ3n) is 2.84. The third-order valence-corrected chi connectivity index (χ3v) is 4.17. The minimum atomic E-state index is -0.472. The quantitative estimate of drug-likeness (QED) is 0.805. The van der Waals surface area contributed by atoms with Crippen molar-refractivity contribution in [2.75, 3.05) is 0 Å². The standard InChI is InChI=1S/C14H11Br2F2N/c15-9-5-4-8(12(18)7-9)6-13(19)10-2-1-3-11(17)14(10)16/h1-5,7,13H,6,19H2. The molecule has 0 aliphatic heterocycles. The van der Waals surface area contributed by atoms with Gasteiger partial charge in [-0.15, -0.1) is 0 Å². The number of halogens is 4. The second-order valence-corrected chi connectivity index (χ2v) is 5.90. The van der Waals surface area contributed by atoms with Gasteiger partial charge in [-0.2, -0.15) is 0 Å². The molecule has 0 aromatic heterocycles. The molecule has 2 aromatic carbocycles. The SMILES string of the molecule is NC(Cc1ccc(Br)cc1F)c1cccc(F)c1Br. The van der Waals surface area contributed by atoms with Gasteiger partial charge in [0.2, 0.25) is 0 Å². The van der Waals surface area contributed by atoms with Crippen LogP contribution in [0.1, 0.15) is 17.2 Å². The summed E-state index contributed by atoms with van der Waals surface area (Å²) in [5, 5.41) is 0. The van der Waals surface area contributed by atoms with Crippen LogP contribution in [0.3, 0.4) is 0 Å². The summed E-state index contributed by atoms with van der Waals surface area (Å²) in [5.74, 6) is -0.693. The third kappa shape index (κ3) is 3.41. The highest BCUT2D eigenvalue weighted by Gasteiger charge is 2.15. The van der Waals surface area contributed by atoms with Crippen molar-refractivity contribution in [1.29, 1.82) is 0 Å². The maximum absolute atomic E-state index is 13.7. The molecule has 2 rings (SSSR count). The zero-order valence-electron chi connectivity index (χ0n) is 9.84. The summed E-state index contributed by atoms with van der Waals surface area (Å²) < 4.78 is 28.2. The van der Waals surface area contributed by atoms with E-state index in [4.69, 9.17) is 5.73 Å². The lowest BCUT2D eigenvalue weighted by Crippen LogP contribution is -2.15. The van der Waals surface area contributed by atoms with E-state index in [9.17, 15) is 8.78 Å². The molecule has 0 saturated carbocycles. The maximum atomic E-state index is 13.7. The summed E-state index contributed by atoms with van der Waals surface area (Å²) in [5.41, 5.74) is 7.16. The fourth-order valence-electron chi connectivity index (χ4n) is 1.84. The average Bonchev–Trinajstić information content (AvgIpc) is 2.36. The summed E-state index contributed by atoms with van der Waals surface area (Å²) >= 11 is 6.37. The lowest BCUT2D eigenvalue weighted by molar-refractivity contribution is 0.586. The predicted molar refractivity (Wildman–Crippen MR) is 78.8 cm³/mol. The number of rotatable bonds is 3. The van der Waals surface area contributed by atoms with Crippen LogP contribution < -0.4 is 5.73 Å². The molecule has 0 heterocycles. The summed E-state index contributed by atoms with van der Waals surface area (Å²) in [6.07, 6.45) is 0.307. The van der Waals surface area contributed by atoms with Gasteiger partial charge >= 0.3 is 0 Å². The molecule has 0 amide bonds. The molecule has 19 heavy (non-hydrogen) atoms. The zero-order valence-corrected chi connectivity index (χ0v) is 13.0. The summed E-state index contributed by atoms with van der Waals surface area (Å²) in [4.78, 5) is 0. The van der Waals surface area contributed by atoms with Crippen LogP contribution in [0.4, 0.5) is 8.78 Å². The topological polar surface area (TPSA) is 26.0 Å². The van der Waals surface area contributed by atoms with E-state index in [2.05, 4.69) is 31.9 Å². The van der Waals surface area contributed by atoms with Crippen molar-refractivity contribution in [2.24, 2.45) is 5.73 Å². The molecule has 0 fully saturated rings. The highest BCUT2D eigenvalue weighted by molar-refractivity contribution is 9.10. The number of benzene rings is 2. The van der Waals surface area contributed by atoms with E-state index < -0.39 is 6.04 Å². The van der Waals surface area contributed by atoms with Gasteiger partial charge in [-0.05, 0) is 51.7 Å². The molecule has 0 radical (unpaired) electrons. The molecule has 1 unspecified atom stereocenters. The van der Waals surface area contributed by atoms with E-state index in [1.165, 1.54) is 12.1 Å². The van der Waals surface area contributed by atoms with Crippen LogP contribution >= 0.6 is 31.9 Å². The van der Waals surface area contributed by atoms with Crippen molar-refractivity contribution >= 4 is 31.9 Å². The average molecular weight is 391 g/mol. The lowest BCUT2D eigenvalue weighted by atomic mass is 9.99. The Balaban J connectivity index is 2.25. The van der Waals surface area contributed by atoms with Crippen LogP contribution in [0.25, 0.3) is 0 Å². The van der Waals surface area contributed by atoms with Crippen LogP contribution in [0.2, 0.25) is 0 Å². The van der Waals surface area contributed by atoms with Crippen molar-refractivity contribution in [3.63, 3.8) is 0 Å². The van der Waals surface area contributed by atoms with Crippen molar-refractivity contribution < 1.29 is 8.78 Å². The minimum absolute atomic E-state index is 0.307. The van der Waals surface area contributed by atoms with E-state index in [-0.39, 0.29) is 11.6 Å². The van der Waals surface area contributed by atoms with E-state index in [0.717, 1.165) is 0 Å². The van der Waals surface area contributed by atoms with Crippen LogP contribution in [0, 0.1) is 11.6 Å². The normalized spacial score (nSPS) is 12.5. The Bertz CT molecular complexity index is 602. The van der Waals surface area contributed by atoms with Gasteiger partial charge in [0.15, 0.2) is 0 Å². The summed E-state index contributed by atoms with van der Waals surface area (Å²) in [7, 11) is 0. The molecule has 5 heteroatoms. The smallest absolute Gasteiger partial charge is 0.137 e. The number of hydrogen-bond donors (Lipinski definition) is 1. The van der Waals surface area contributed by atoms with Crippen molar-refractivity contribution in [3.05, 3.63) is 68.1 Å². The highest BCUT2D eigenvalue weighted by atomic mass is 79.9. The second kappa shape index (κ2) is 6.11. The first kappa shape index (κ1) is 14.6. The van der Waals surface area contributed by atoms with Gasteiger partial charge < -0.3 is 5.73 Å².